The fraction of sp³-hybridized carbons (Fsp3) is 0.111. The lowest BCUT2D eigenvalue weighted by Crippen LogP contribution is -2.04. The van der Waals surface area contributed by atoms with E-state index in [1.807, 2.05) is 0 Å². The van der Waals surface area contributed by atoms with Crippen LogP contribution in [-0.2, 0) is 4.74 Å². The van der Waals surface area contributed by atoms with Crippen LogP contribution in [-0.4, -0.2) is 33.4 Å². The molecule has 3 rings (SSSR count). The van der Waals surface area contributed by atoms with E-state index in [1.165, 1.54) is 36.4 Å². The molecular weight excluding hydrogens is 340 g/mol. The van der Waals surface area contributed by atoms with E-state index >= 15 is 0 Å². The maximum atomic E-state index is 12.8. The number of nitro groups is 1. The van der Waals surface area contributed by atoms with Gasteiger partial charge in [0.1, 0.15) is 11.4 Å². The quantitative estimate of drug-likeness (QED) is 0.314. The van der Waals surface area contributed by atoms with E-state index in [4.69, 9.17) is 4.74 Å². The number of nitrogens with zero attached hydrogens (tertiary/aromatic N) is 1. The average molecular weight is 354 g/mol. The first-order valence-corrected chi connectivity index (χ1v) is 7.73. The Hall–Kier alpha value is -3.68. The molecule has 0 amide bonds. The summed E-state index contributed by atoms with van der Waals surface area (Å²) < 4.78 is 4.93. The predicted molar refractivity (Wildman–Crippen MR) is 92.4 cm³/mol. The first-order chi connectivity index (χ1) is 12.4. The Kier molecular flexibility index (Phi) is 4.40. The van der Waals surface area contributed by atoms with Crippen molar-refractivity contribution in [3.63, 3.8) is 0 Å². The number of ketones is 1. The highest BCUT2D eigenvalue weighted by Gasteiger charge is 2.21. The number of carbonyl (C=O) groups excluding carboxylic acids is 2. The fourth-order valence-corrected chi connectivity index (χ4v) is 2.63. The fourth-order valence-electron chi connectivity index (χ4n) is 2.63. The van der Waals surface area contributed by atoms with E-state index in [-0.39, 0.29) is 34.9 Å². The van der Waals surface area contributed by atoms with Crippen LogP contribution in [0.3, 0.4) is 0 Å². The number of rotatable bonds is 5. The predicted octanol–water partition coefficient (Wildman–Crippen LogP) is 3.19. The highest BCUT2D eigenvalue weighted by molar-refractivity contribution is 6.18. The SMILES string of the molecule is CCOC(=O)c1cc2c(C(=O)c3ccc([N+](=O)[O-])cc3)c(O)ccc2[nH]1. The average Bonchev–Trinajstić information content (AvgIpc) is 3.05. The number of nitro benzene ring substituents is 1. The van der Waals surface area contributed by atoms with Crippen molar-refractivity contribution in [1.82, 2.24) is 4.98 Å². The molecule has 1 heterocycles. The van der Waals surface area contributed by atoms with Gasteiger partial charge in [0, 0.05) is 28.6 Å². The lowest BCUT2D eigenvalue weighted by atomic mass is 9.98. The molecule has 0 aliphatic heterocycles. The number of nitrogens with one attached hydrogen (secondary N) is 1. The number of H-pyrrole nitrogens is 1. The smallest absolute Gasteiger partial charge is 0.354 e. The Balaban J connectivity index is 2.08. The number of hydrogen-bond donors (Lipinski definition) is 2. The van der Waals surface area contributed by atoms with Crippen LogP contribution >= 0.6 is 0 Å². The van der Waals surface area contributed by atoms with E-state index < -0.39 is 16.7 Å². The van der Waals surface area contributed by atoms with Gasteiger partial charge in [0.2, 0.25) is 0 Å². The molecule has 0 bridgehead atoms. The third-order valence-electron chi connectivity index (χ3n) is 3.84. The number of phenols is 1. The molecule has 8 heteroatoms. The normalized spacial score (nSPS) is 10.7. The van der Waals surface area contributed by atoms with Crippen LogP contribution < -0.4 is 0 Å². The van der Waals surface area contributed by atoms with Crippen molar-refractivity contribution >= 4 is 28.3 Å². The second-order valence-corrected chi connectivity index (χ2v) is 5.46. The summed E-state index contributed by atoms with van der Waals surface area (Å²) in [7, 11) is 0. The number of aromatic hydroxyl groups is 1. The number of benzene rings is 2. The monoisotopic (exact) mass is 354 g/mol. The van der Waals surface area contributed by atoms with Crippen LogP contribution in [0.4, 0.5) is 5.69 Å². The summed E-state index contributed by atoms with van der Waals surface area (Å²) >= 11 is 0. The van der Waals surface area contributed by atoms with Gasteiger partial charge in [-0.15, -0.1) is 0 Å². The van der Waals surface area contributed by atoms with Crippen molar-refractivity contribution in [3.8, 4) is 5.75 Å². The number of aromatic nitrogens is 1. The van der Waals surface area contributed by atoms with Gasteiger partial charge in [-0.1, -0.05) is 0 Å². The minimum Gasteiger partial charge on any atom is -0.507 e. The molecule has 0 spiro atoms. The van der Waals surface area contributed by atoms with Gasteiger partial charge in [-0.25, -0.2) is 4.79 Å². The Morgan fingerprint density at radius 2 is 1.88 bits per heavy atom. The molecule has 0 unspecified atom stereocenters. The van der Waals surface area contributed by atoms with Crippen LogP contribution in [0.2, 0.25) is 0 Å². The van der Waals surface area contributed by atoms with Gasteiger partial charge in [0.15, 0.2) is 5.78 Å². The van der Waals surface area contributed by atoms with Crippen molar-refractivity contribution in [2.75, 3.05) is 6.61 Å². The third kappa shape index (κ3) is 3.00. The zero-order valence-electron chi connectivity index (χ0n) is 13.7. The van der Waals surface area contributed by atoms with E-state index in [9.17, 15) is 24.8 Å². The number of carbonyl (C=O) groups is 2. The van der Waals surface area contributed by atoms with Gasteiger partial charge < -0.3 is 14.8 Å². The lowest BCUT2D eigenvalue weighted by Gasteiger charge is -2.05. The third-order valence-corrected chi connectivity index (χ3v) is 3.84. The summed E-state index contributed by atoms with van der Waals surface area (Å²) in [5, 5.41) is 21.3. The van der Waals surface area contributed by atoms with Crippen LogP contribution in [0.5, 0.6) is 5.75 Å². The zero-order chi connectivity index (χ0) is 18.8. The van der Waals surface area contributed by atoms with Crippen molar-refractivity contribution in [2.24, 2.45) is 0 Å². The summed E-state index contributed by atoms with van der Waals surface area (Å²) in [6.07, 6.45) is 0. The van der Waals surface area contributed by atoms with E-state index in [2.05, 4.69) is 4.98 Å². The standard InChI is InChI=1S/C18H14N2O6/c1-2-26-18(23)14-9-12-13(19-14)7-8-15(21)16(12)17(22)10-3-5-11(6-4-10)20(24)25/h3-9,19,21H,2H2,1H3. The molecule has 132 valence electrons. The van der Waals surface area contributed by atoms with Gasteiger partial charge in [0.25, 0.3) is 5.69 Å². The van der Waals surface area contributed by atoms with Crippen molar-refractivity contribution < 1.29 is 24.4 Å². The van der Waals surface area contributed by atoms with E-state index in [0.29, 0.717) is 10.9 Å². The Labute approximate surface area is 147 Å². The molecule has 0 saturated heterocycles. The summed E-state index contributed by atoms with van der Waals surface area (Å²) in [6, 6.07) is 9.38. The molecular formula is C18H14N2O6. The van der Waals surface area contributed by atoms with Gasteiger partial charge in [-0.2, -0.15) is 0 Å². The number of esters is 1. The highest BCUT2D eigenvalue weighted by Crippen LogP contribution is 2.30. The molecule has 2 N–H and O–H groups in total. The van der Waals surface area contributed by atoms with Gasteiger partial charge in [-0.3, -0.25) is 14.9 Å². The Morgan fingerprint density at radius 3 is 2.50 bits per heavy atom. The van der Waals surface area contributed by atoms with Gasteiger partial charge in [0.05, 0.1) is 17.1 Å². The molecule has 3 aromatic rings. The lowest BCUT2D eigenvalue weighted by molar-refractivity contribution is -0.384. The molecule has 0 fully saturated rings. The van der Waals surface area contributed by atoms with Crippen LogP contribution in [0.15, 0.2) is 42.5 Å². The van der Waals surface area contributed by atoms with Gasteiger partial charge in [-0.05, 0) is 37.3 Å². The maximum absolute atomic E-state index is 12.8. The molecule has 0 aliphatic carbocycles. The molecule has 0 saturated carbocycles. The topological polar surface area (TPSA) is 123 Å². The Morgan fingerprint density at radius 1 is 1.19 bits per heavy atom. The van der Waals surface area contributed by atoms with Crippen molar-refractivity contribution in [3.05, 3.63) is 69.4 Å². The molecule has 0 radical (unpaired) electrons. The summed E-state index contributed by atoms with van der Waals surface area (Å²) in [5.41, 5.74) is 0.678. The van der Waals surface area contributed by atoms with Crippen LogP contribution in [0.25, 0.3) is 10.9 Å². The first-order valence-electron chi connectivity index (χ1n) is 7.73. The molecule has 0 atom stereocenters. The minimum absolute atomic E-state index is 0.00292. The summed E-state index contributed by atoms with van der Waals surface area (Å²) in [4.78, 5) is 37.7. The van der Waals surface area contributed by atoms with E-state index in [0.717, 1.165) is 0 Å². The largest absolute Gasteiger partial charge is 0.507 e. The molecule has 0 aliphatic rings. The van der Waals surface area contributed by atoms with Crippen molar-refractivity contribution in [2.45, 2.75) is 6.92 Å². The van der Waals surface area contributed by atoms with Crippen LogP contribution in [0.1, 0.15) is 33.3 Å². The first kappa shape index (κ1) is 17.2. The molecule has 2 aromatic carbocycles. The number of hydrogen-bond acceptors (Lipinski definition) is 6. The number of phenolic OH excluding ortho intramolecular Hbond substituents is 1. The number of fused-ring (bicyclic) bond motifs is 1. The molecule has 26 heavy (non-hydrogen) atoms. The Bertz CT molecular complexity index is 1020. The minimum atomic E-state index is -0.572. The second kappa shape index (κ2) is 6.67. The van der Waals surface area contributed by atoms with Crippen molar-refractivity contribution in [1.29, 1.82) is 0 Å². The molecule has 1 aromatic heterocycles. The van der Waals surface area contributed by atoms with E-state index in [1.54, 1.807) is 13.0 Å². The summed E-state index contributed by atoms with van der Waals surface area (Å²) in [5.74, 6) is -1.34. The number of ether oxygens (including phenoxy) is 1. The number of aromatic amines is 1. The maximum Gasteiger partial charge on any atom is 0.354 e. The highest BCUT2D eigenvalue weighted by atomic mass is 16.6. The van der Waals surface area contributed by atoms with Gasteiger partial charge >= 0.3 is 5.97 Å². The summed E-state index contributed by atoms with van der Waals surface area (Å²) in [6.45, 7) is 1.88. The van der Waals surface area contributed by atoms with Crippen LogP contribution in [0, 0.1) is 10.1 Å². The zero-order valence-corrected chi connectivity index (χ0v) is 13.7. The number of non-ortho nitro benzene ring substituents is 1. The second-order valence-electron chi connectivity index (χ2n) is 5.46. The molecule has 8 nitrogen and oxygen atoms in total.